The van der Waals surface area contributed by atoms with E-state index < -0.39 is 0 Å². The number of carbonyl (C=O) groups excluding carboxylic acids is 1. The molecule has 3 aliphatic rings. The highest BCUT2D eigenvalue weighted by atomic mass is 32.1. The summed E-state index contributed by atoms with van der Waals surface area (Å²) in [6.45, 7) is 0. The molecule has 3 fully saturated rings. The van der Waals surface area contributed by atoms with Crippen molar-refractivity contribution in [3.05, 3.63) is 21.9 Å². The molecule has 4 rings (SSSR count). The van der Waals surface area contributed by atoms with Gasteiger partial charge in [-0.2, -0.15) is 0 Å². The lowest BCUT2D eigenvalue weighted by Crippen LogP contribution is -2.41. The predicted molar refractivity (Wildman–Crippen MR) is 101 cm³/mol. The van der Waals surface area contributed by atoms with Crippen molar-refractivity contribution in [1.29, 1.82) is 0 Å². The minimum absolute atomic E-state index is 0.183. The number of carbonyl (C=O) groups is 1. The molecule has 3 aliphatic carbocycles. The molecule has 1 amide bonds. The van der Waals surface area contributed by atoms with Gasteiger partial charge in [0.25, 0.3) is 5.91 Å². The second-order valence-electron chi connectivity index (χ2n) is 8.51. The first-order valence-electron chi connectivity index (χ1n) is 10.1. The van der Waals surface area contributed by atoms with E-state index in [1.807, 2.05) is 0 Å². The van der Waals surface area contributed by atoms with Gasteiger partial charge in [0.1, 0.15) is 0 Å². The summed E-state index contributed by atoms with van der Waals surface area (Å²) in [5.41, 5.74) is 0.568. The zero-order valence-corrected chi connectivity index (χ0v) is 15.6. The zero-order chi connectivity index (χ0) is 16.4. The van der Waals surface area contributed by atoms with Crippen LogP contribution in [-0.2, 0) is 0 Å². The molecular weight excluding hydrogens is 314 g/mol. The van der Waals surface area contributed by atoms with Crippen molar-refractivity contribution in [3.63, 3.8) is 0 Å². The fourth-order valence-electron chi connectivity index (χ4n) is 5.49. The fraction of sp³-hybridized carbons (Fsp3) is 0.762. The zero-order valence-electron chi connectivity index (χ0n) is 14.8. The molecule has 1 unspecified atom stereocenters. The van der Waals surface area contributed by atoms with Crippen LogP contribution in [0.1, 0.15) is 104 Å². The molecule has 24 heavy (non-hydrogen) atoms. The van der Waals surface area contributed by atoms with Gasteiger partial charge in [-0.05, 0) is 68.4 Å². The Bertz CT molecular complexity index is 566. The van der Waals surface area contributed by atoms with Crippen LogP contribution in [0.3, 0.4) is 0 Å². The minimum atomic E-state index is 0.183. The van der Waals surface area contributed by atoms with Gasteiger partial charge in [0.05, 0.1) is 4.88 Å². The molecule has 1 aromatic heterocycles. The van der Waals surface area contributed by atoms with Gasteiger partial charge in [-0.25, -0.2) is 0 Å². The van der Waals surface area contributed by atoms with Gasteiger partial charge in [-0.3, -0.25) is 4.79 Å². The van der Waals surface area contributed by atoms with Crippen molar-refractivity contribution >= 4 is 17.2 Å². The van der Waals surface area contributed by atoms with Crippen LogP contribution >= 0.6 is 11.3 Å². The maximum atomic E-state index is 12.7. The molecule has 0 aromatic carbocycles. The normalized spacial score (nSPS) is 27.4. The summed E-state index contributed by atoms with van der Waals surface area (Å²) < 4.78 is 0. The molecule has 1 atom stereocenters. The third-order valence-electron chi connectivity index (χ3n) is 6.80. The van der Waals surface area contributed by atoms with E-state index in [0.29, 0.717) is 17.4 Å². The van der Waals surface area contributed by atoms with Gasteiger partial charge >= 0.3 is 0 Å². The maximum Gasteiger partial charge on any atom is 0.261 e. The largest absolute Gasteiger partial charge is 0.349 e. The summed E-state index contributed by atoms with van der Waals surface area (Å²) >= 11 is 1.75. The lowest BCUT2D eigenvalue weighted by Gasteiger charge is -2.38. The molecule has 0 radical (unpaired) electrons. The van der Waals surface area contributed by atoms with E-state index in [1.54, 1.807) is 11.3 Å². The van der Waals surface area contributed by atoms with E-state index in [2.05, 4.69) is 17.4 Å². The lowest BCUT2D eigenvalue weighted by atomic mass is 9.71. The molecular formula is C21H31NOS. The lowest BCUT2D eigenvalue weighted by molar-refractivity contribution is 0.0890. The SMILES string of the molecule is O=C(NC1CCCC2(CCCC2)C1)c1ccc(C2CCCCC2)s1. The predicted octanol–water partition coefficient (Wildman–Crippen LogP) is 6.03. The quantitative estimate of drug-likeness (QED) is 0.712. The summed E-state index contributed by atoms with van der Waals surface area (Å²) in [6.07, 6.45) is 17.4. The maximum absolute atomic E-state index is 12.7. The van der Waals surface area contributed by atoms with E-state index in [0.717, 1.165) is 4.88 Å². The molecule has 2 nitrogen and oxygen atoms in total. The molecule has 3 saturated carbocycles. The number of thiophene rings is 1. The molecule has 1 aromatic rings. The van der Waals surface area contributed by atoms with Crippen LogP contribution in [0.2, 0.25) is 0 Å². The first-order chi connectivity index (χ1) is 11.7. The average Bonchev–Trinajstić information content (AvgIpc) is 3.26. The first-order valence-corrected chi connectivity index (χ1v) is 11.0. The van der Waals surface area contributed by atoms with Gasteiger partial charge < -0.3 is 5.32 Å². The second kappa shape index (κ2) is 7.19. The number of hydrogen-bond acceptors (Lipinski definition) is 2. The highest BCUT2D eigenvalue weighted by Gasteiger charge is 2.39. The molecule has 0 saturated heterocycles. The summed E-state index contributed by atoms with van der Waals surface area (Å²) in [5.74, 6) is 0.892. The second-order valence-corrected chi connectivity index (χ2v) is 9.63. The van der Waals surface area contributed by atoms with Gasteiger partial charge in [0, 0.05) is 10.9 Å². The van der Waals surface area contributed by atoms with Crippen molar-refractivity contribution in [2.45, 2.75) is 95.4 Å². The van der Waals surface area contributed by atoms with Gasteiger partial charge in [0.15, 0.2) is 0 Å². The molecule has 0 aliphatic heterocycles. The highest BCUT2D eigenvalue weighted by Crippen LogP contribution is 2.49. The fourth-order valence-corrected chi connectivity index (χ4v) is 6.57. The number of rotatable bonds is 3. The minimum Gasteiger partial charge on any atom is -0.349 e. The Morgan fingerprint density at radius 3 is 2.50 bits per heavy atom. The van der Waals surface area contributed by atoms with Crippen LogP contribution in [0.15, 0.2) is 12.1 Å². The van der Waals surface area contributed by atoms with Crippen LogP contribution < -0.4 is 5.32 Å². The van der Waals surface area contributed by atoms with Crippen LogP contribution in [-0.4, -0.2) is 11.9 Å². The Morgan fingerprint density at radius 2 is 1.71 bits per heavy atom. The van der Waals surface area contributed by atoms with Crippen LogP contribution in [0.4, 0.5) is 0 Å². The van der Waals surface area contributed by atoms with E-state index >= 15 is 0 Å². The Balaban J connectivity index is 1.36. The van der Waals surface area contributed by atoms with Crippen LogP contribution in [0.25, 0.3) is 0 Å². The topological polar surface area (TPSA) is 29.1 Å². The van der Waals surface area contributed by atoms with Crippen molar-refractivity contribution in [1.82, 2.24) is 5.32 Å². The molecule has 1 spiro atoms. The standard InChI is InChI=1S/C21H31NOS/c23-20(19-11-10-18(24-19)16-7-2-1-3-8-16)22-17-9-6-14-21(15-17)12-4-5-13-21/h10-11,16-17H,1-9,12-15H2,(H,22,23). The summed E-state index contributed by atoms with van der Waals surface area (Å²) in [6, 6.07) is 4.69. The third kappa shape index (κ3) is 3.56. The Kier molecular flexibility index (Phi) is 4.98. The Morgan fingerprint density at radius 1 is 0.958 bits per heavy atom. The number of amides is 1. The van der Waals surface area contributed by atoms with Crippen molar-refractivity contribution in [3.8, 4) is 0 Å². The summed E-state index contributed by atoms with van der Waals surface area (Å²) in [5, 5.41) is 3.37. The number of hydrogen-bond donors (Lipinski definition) is 1. The molecule has 0 bridgehead atoms. The molecule has 3 heteroatoms. The Labute approximate surface area is 150 Å². The Hall–Kier alpha value is -0.830. The van der Waals surface area contributed by atoms with Crippen LogP contribution in [0, 0.1) is 5.41 Å². The number of nitrogens with one attached hydrogen (secondary N) is 1. The van der Waals surface area contributed by atoms with E-state index in [4.69, 9.17) is 0 Å². The molecule has 1 heterocycles. The van der Waals surface area contributed by atoms with E-state index in [1.165, 1.54) is 88.3 Å². The highest BCUT2D eigenvalue weighted by molar-refractivity contribution is 7.14. The van der Waals surface area contributed by atoms with E-state index in [9.17, 15) is 4.79 Å². The molecule has 132 valence electrons. The van der Waals surface area contributed by atoms with Gasteiger partial charge in [-0.15, -0.1) is 11.3 Å². The van der Waals surface area contributed by atoms with Gasteiger partial charge in [-0.1, -0.05) is 38.5 Å². The van der Waals surface area contributed by atoms with E-state index in [-0.39, 0.29) is 5.91 Å². The summed E-state index contributed by atoms with van der Waals surface area (Å²) in [4.78, 5) is 15.1. The molecule has 1 N–H and O–H groups in total. The summed E-state index contributed by atoms with van der Waals surface area (Å²) in [7, 11) is 0. The van der Waals surface area contributed by atoms with Crippen molar-refractivity contribution in [2.24, 2.45) is 5.41 Å². The smallest absolute Gasteiger partial charge is 0.261 e. The average molecular weight is 346 g/mol. The van der Waals surface area contributed by atoms with Crippen molar-refractivity contribution < 1.29 is 4.79 Å². The third-order valence-corrected chi connectivity index (χ3v) is 8.04. The van der Waals surface area contributed by atoms with Gasteiger partial charge in [0.2, 0.25) is 0 Å². The first kappa shape index (κ1) is 16.6. The monoisotopic (exact) mass is 345 g/mol. The van der Waals surface area contributed by atoms with Crippen LogP contribution in [0.5, 0.6) is 0 Å². The van der Waals surface area contributed by atoms with Crippen molar-refractivity contribution in [2.75, 3.05) is 0 Å².